The molecule has 82 valence electrons. The summed E-state index contributed by atoms with van der Waals surface area (Å²) in [6.45, 7) is 10.3. The fourth-order valence-electron chi connectivity index (χ4n) is 0.942. The maximum absolute atomic E-state index is 11.4. The lowest BCUT2D eigenvalue weighted by Crippen LogP contribution is -2.39. The van der Waals surface area contributed by atoms with E-state index in [1.54, 1.807) is 0 Å². The monoisotopic (exact) mass is 207 g/mol. The van der Waals surface area contributed by atoms with Gasteiger partial charge in [0.05, 0.1) is 6.04 Å². The molecule has 0 spiro atoms. The number of amides is 1. The van der Waals surface area contributed by atoms with Crippen LogP contribution in [0.5, 0.6) is 0 Å². The van der Waals surface area contributed by atoms with Gasteiger partial charge in [0.2, 0.25) is 0 Å². The van der Waals surface area contributed by atoms with Gasteiger partial charge in [-0.05, 0) is 20.3 Å². The predicted molar refractivity (Wildman–Crippen MR) is 61.4 cm³/mol. The van der Waals surface area contributed by atoms with Crippen LogP contribution in [0.2, 0.25) is 0 Å². The van der Waals surface area contributed by atoms with Crippen molar-refractivity contribution >= 4 is 11.7 Å². The summed E-state index contributed by atoms with van der Waals surface area (Å²) >= 11 is 0. The molecule has 15 heavy (non-hydrogen) atoms. The van der Waals surface area contributed by atoms with Crippen molar-refractivity contribution in [1.82, 2.24) is 5.32 Å². The molecule has 0 aliphatic rings. The van der Waals surface area contributed by atoms with Gasteiger partial charge < -0.3 is 5.32 Å². The summed E-state index contributed by atoms with van der Waals surface area (Å²) in [7, 11) is 0. The Hall–Kier alpha value is -1.64. The fourth-order valence-corrected chi connectivity index (χ4v) is 0.942. The van der Waals surface area contributed by atoms with Gasteiger partial charge in [-0.3, -0.25) is 9.59 Å². The van der Waals surface area contributed by atoms with Crippen molar-refractivity contribution < 1.29 is 9.59 Å². The Morgan fingerprint density at radius 1 is 1.47 bits per heavy atom. The summed E-state index contributed by atoms with van der Waals surface area (Å²) in [4.78, 5) is 22.6. The van der Waals surface area contributed by atoms with E-state index in [9.17, 15) is 9.59 Å². The van der Waals surface area contributed by atoms with E-state index in [-0.39, 0.29) is 17.3 Å². The molecule has 0 heterocycles. The lowest BCUT2D eigenvalue weighted by molar-refractivity contribution is -0.124. The molecule has 1 amide bonds. The van der Waals surface area contributed by atoms with Gasteiger partial charge in [-0.2, -0.15) is 0 Å². The van der Waals surface area contributed by atoms with Gasteiger partial charge in [0.1, 0.15) is 0 Å². The van der Waals surface area contributed by atoms with Gasteiger partial charge in [-0.15, -0.1) is 0 Å². The van der Waals surface area contributed by atoms with E-state index in [1.165, 1.54) is 13.0 Å². The number of nitrogens with one attached hydrogen (secondary N) is 1. The molecule has 3 nitrogen and oxygen atoms in total. The minimum atomic E-state index is -0.481. The highest BCUT2D eigenvalue weighted by Gasteiger charge is 2.15. The van der Waals surface area contributed by atoms with Crippen LogP contribution in [-0.4, -0.2) is 17.7 Å². The van der Waals surface area contributed by atoms with Crippen molar-refractivity contribution in [3.05, 3.63) is 37.0 Å². The molecular weight excluding hydrogens is 190 g/mol. The zero-order valence-electron chi connectivity index (χ0n) is 9.25. The zero-order chi connectivity index (χ0) is 11.8. The van der Waals surface area contributed by atoms with Crippen LogP contribution >= 0.6 is 0 Å². The van der Waals surface area contributed by atoms with Crippen molar-refractivity contribution in [3.63, 3.8) is 0 Å². The number of carbonyl (C=O) groups excluding carboxylic acids is 2. The van der Waals surface area contributed by atoms with E-state index in [2.05, 4.69) is 18.5 Å². The summed E-state index contributed by atoms with van der Waals surface area (Å²) < 4.78 is 0. The van der Waals surface area contributed by atoms with E-state index in [0.717, 1.165) is 0 Å². The molecule has 0 aromatic carbocycles. The largest absolute Gasteiger partial charge is 0.342 e. The number of hydrogen-bond donors (Lipinski definition) is 1. The van der Waals surface area contributed by atoms with Crippen molar-refractivity contribution in [2.45, 2.75) is 26.3 Å². The highest BCUT2D eigenvalue weighted by molar-refractivity contribution is 5.98. The van der Waals surface area contributed by atoms with Gasteiger partial charge in [-0.1, -0.05) is 31.4 Å². The number of hydrogen-bond acceptors (Lipinski definition) is 2. The van der Waals surface area contributed by atoms with Gasteiger partial charge in [-0.25, -0.2) is 0 Å². The van der Waals surface area contributed by atoms with Crippen LogP contribution < -0.4 is 5.32 Å². The normalized spacial score (nSPS) is 12.1. The topological polar surface area (TPSA) is 46.2 Å². The second-order valence-corrected chi connectivity index (χ2v) is 3.17. The Bertz CT molecular complexity index is 303. The van der Waals surface area contributed by atoms with E-state index in [1.807, 2.05) is 19.1 Å². The molecule has 0 aromatic rings. The summed E-state index contributed by atoms with van der Waals surface area (Å²) in [6.07, 6.45) is 5.54. The Labute approximate surface area is 90.6 Å². The highest BCUT2D eigenvalue weighted by atomic mass is 16.2. The molecule has 0 aliphatic heterocycles. The second-order valence-electron chi connectivity index (χ2n) is 3.17. The zero-order valence-corrected chi connectivity index (χ0v) is 9.25. The average Bonchev–Trinajstić information content (AvgIpc) is 2.22. The number of allylic oxidation sites excluding steroid dienone is 1. The van der Waals surface area contributed by atoms with Crippen LogP contribution in [0.15, 0.2) is 37.0 Å². The Balaban J connectivity index is 4.41. The molecule has 0 bridgehead atoms. The van der Waals surface area contributed by atoms with E-state index >= 15 is 0 Å². The van der Waals surface area contributed by atoms with E-state index in [4.69, 9.17) is 0 Å². The number of ketones is 1. The third-order valence-corrected chi connectivity index (χ3v) is 1.94. The molecule has 0 saturated heterocycles. The first-order chi connectivity index (χ1) is 7.02. The van der Waals surface area contributed by atoms with Crippen LogP contribution in [0.1, 0.15) is 20.3 Å². The van der Waals surface area contributed by atoms with Crippen molar-refractivity contribution in [3.8, 4) is 0 Å². The summed E-state index contributed by atoms with van der Waals surface area (Å²) in [5.74, 6) is -0.423. The van der Waals surface area contributed by atoms with Crippen molar-refractivity contribution in [2.24, 2.45) is 0 Å². The minimum Gasteiger partial charge on any atom is -0.342 e. The van der Waals surface area contributed by atoms with Crippen LogP contribution in [0.3, 0.4) is 0 Å². The quantitative estimate of drug-likeness (QED) is 0.410. The standard InChI is InChI=1S/C12H17NO2/c1-5-7-8-11(10(4)14)13-12(15)9(3)6-2/h5-7,11H,2-3,8H2,1,4H3,(H,13,15)/b7-5-. The lowest BCUT2D eigenvalue weighted by atomic mass is 10.1. The second kappa shape index (κ2) is 6.76. The number of rotatable bonds is 6. The molecule has 0 radical (unpaired) electrons. The molecule has 0 rings (SSSR count). The number of Topliss-reactive ketones (excluding diaryl/α,β-unsaturated/α-hetero) is 1. The summed E-state index contributed by atoms with van der Waals surface area (Å²) in [5.41, 5.74) is 0.265. The molecule has 3 heteroatoms. The molecule has 0 fully saturated rings. The molecule has 0 aromatic heterocycles. The first-order valence-corrected chi connectivity index (χ1v) is 4.76. The summed E-state index contributed by atoms with van der Waals surface area (Å²) in [5, 5.41) is 2.59. The van der Waals surface area contributed by atoms with Gasteiger partial charge in [0, 0.05) is 5.57 Å². The molecule has 1 unspecified atom stereocenters. The Kier molecular flexibility index (Phi) is 6.02. The first-order valence-electron chi connectivity index (χ1n) is 4.76. The first kappa shape index (κ1) is 13.4. The maximum Gasteiger partial charge on any atom is 0.251 e. The number of carbonyl (C=O) groups is 2. The lowest BCUT2D eigenvalue weighted by Gasteiger charge is -2.13. The van der Waals surface area contributed by atoms with E-state index in [0.29, 0.717) is 6.42 Å². The Morgan fingerprint density at radius 2 is 2.07 bits per heavy atom. The SMILES string of the molecule is C=CC(=C)C(=O)NC(C/C=C\C)C(C)=O. The van der Waals surface area contributed by atoms with Crippen LogP contribution in [0.4, 0.5) is 0 Å². The van der Waals surface area contributed by atoms with Crippen LogP contribution in [0.25, 0.3) is 0 Å². The maximum atomic E-state index is 11.4. The van der Waals surface area contributed by atoms with Crippen LogP contribution in [0, 0.1) is 0 Å². The minimum absolute atomic E-state index is 0.0710. The molecule has 0 aliphatic carbocycles. The van der Waals surface area contributed by atoms with Crippen molar-refractivity contribution in [1.29, 1.82) is 0 Å². The smallest absolute Gasteiger partial charge is 0.251 e. The third-order valence-electron chi connectivity index (χ3n) is 1.94. The Morgan fingerprint density at radius 3 is 2.47 bits per heavy atom. The molecular formula is C12H17NO2. The third kappa shape index (κ3) is 4.96. The molecule has 1 N–H and O–H groups in total. The van der Waals surface area contributed by atoms with Gasteiger partial charge in [0.25, 0.3) is 5.91 Å². The summed E-state index contributed by atoms with van der Waals surface area (Å²) in [6, 6.07) is -0.481. The highest BCUT2D eigenvalue weighted by Crippen LogP contribution is 1.99. The average molecular weight is 207 g/mol. The molecule has 0 saturated carbocycles. The van der Waals surface area contributed by atoms with E-state index < -0.39 is 6.04 Å². The van der Waals surface area contributed by atoms with Gasteiger partial charge in [0.15, 0.2) is 5.78 Å². The van der Waals surface area contributed by atoms with Gasteiger partial charge >= 0.3 is 0 Å². The predicted octanol–water partition coefficient (Wildman–Crippen LogP) is 1.77. The fraction of sp³-hybridized carbons (Fsp3) is 0.333. The van der Waals surface area contributed by atoms with Crippen LogP contribution in [-0.2, 0) is 9.59 Å². The van der Waals surface area contributed by atoms with Crippen molar-refractivity contribution in [2.75, 3.05) is 0 Å². The molecule has 1 atom stereocenters.